The molecule has 1 aromatic carbocycles. The maximum absolute atomic E-state index is 13.6. The molecule has 2 aromatic rings. The Morgan fingerprint density at radius 1 is 1.42 bits per heavy atom. The van der Waals surface area contributed by atoms with E-state index in [4.69, 9.17) is 0 Å². The number of hydrogen-bond donors (Lipinski definition) is 1. The lowest BCUT2D eigenvalue weighted by atomic mass is 10.1. The molecule has 1 atom stereocenters. The highest BCUT2D eigenvalue weighted by atomic mass is 19.1. The smallest absolute Gasteiger partial charge is 0.126 e. The van der Waals surface area contributed by atoms with Gasteiger partial charge in [0.15, 0.2) is 0 Å². The van der Waals surface area contributed by atoms with Crippen LogP contribution in [0.5, 0.6) is 0 Å². The lowest BCUT2D eigenvalue weighted by Crippen LogP contribution is -2.05. The fourth-order valence-corrected chi connectivity index (χ4v) is 2.28. The van der Waals surface area contributed by atoms with E-state index in [-0.39, 0.29) is 5.82 Å². The molecule has 1 aliphatic carbocycles. The number of aliphatic hydroxyl groups excluding tert-OH is 1. The molecule has 0 saturated heterocycles. The molecule has 1 aliphatic rings. The first-order valence-corrected chi connectivity index (χ1v) is 6.60. The highest BCUT2D eigenvalue weighted by Gasteiger charge is 2.26. The molecule has 1 saturated carbocycles. The van der Waals surface area contributed by atoms with Crippen LogP contribution in [0.1, 0.15) is 48.6 Å². The molecule has 1 fully saturated rings. The third-order valence-electron chi connectivity index (χ3n) is 3.61. The minimum Gasteiger partial charge on any atom is -0.389 e. The van der Waals surface area contributed by atoms with Crippen molar-refractivity contribution in [2.75, 3.05) is 0 Å². The molecule has 3 rings (SSSR count). The highest BCUT2D eigenvalue weighted by molar-refractivity contribution is 5.45. The number of rotatable bonds is 3. The monoisotopic (exact) mass is 260 g/mol. The Bertz CT molecular complexity index is 615. The molecular formula is C15H17FN2O. The van der Waals surface area contributed by atoms with Gasteiger partial charge in [0.2, 0.25) is 0 Å². The number of aryl methyl sites for hydroxylation is 1. The van der Waals surface area contributed by atoms with Crippen molar-refractivity contribution in [2.45, 2.75) is 38.7 Å². The van der Waals surface area contributed by atoms with E-state index in [0.717, 1.165) is 11.4 Å². The average molecular weight is 260 g/mol. The predicted molar refractivity (Wildman–Crippen MR) is 70.9 cm³/mol. The first-order chi connectivity index (χ1) is 9.06. The molecule has 0 spiro atoms. The maximum Gasteiger partial charge on any atom is 0.126 e. The van der Waals surface area contributed by atoms with Crippen LogP contribution in [0.4, 0.5) is 4.39 Å². The molecule has 19 heavy (non-hydrogen) atoms. The van der Waals surface area contributed by atoms with Crippen molar-refractivity contribution in [3.05, 3.63) is 47.0 Å². The van der Waals surface area contributed by atoms with Gasteiger partial charge in [-0.25, -0.2) is 9.07 Å². The van der Waals surface area contributed by atoms with Gasteiger partial charge in [-0.05, 0) is 50.5 Å². The Labute approximate surface area is 111 Å². The average Bonchev–Trinajstić information content (AvgIpc) is 3.10. The molecule has 0 bridgehead atoms. The molecule has 0 aliphatic heterocycles. The molecule has 100 valence electrons. The van der Waals surface area contributed by atoms with E-state index in [1.165, 1.54) is 18.9 Å². The van der Waals surface area contributed by atoms with Crippen LogP contribution in [-0.4, -0.2) is 14.9 Å². The summed E-state index contributed by atoms with van der Waals surface area (Å²) in [6.07, 6.45) is 3.55. The molecule has 0 radical (unpaired) electrons. The van der Waals surface area contributed by atoms with Crippen LogP contribution in [0.2, 0.25) is 0 Å². The minimum absolute atomic E-state index is 0.297. The molecule has 3 nitrogen and oxygen atoms in total. The molecule has 4 heteroatoms. The summed E-state index contributed by atoms with van der Waals surface area (Å²) in [5.74, 6) is 0.284. The van der Waals surface area contributed by atoms with Gasteiger partial charge in [-0.1, -0.05) is 0 Å². The van der Waals surface area contributed by atoms with Crippen molar-refractivity contribution in [1.82, 2.24) is 9.78 Å². The van der Waals surface area contributed by atoms with E-state index in [0.29, 0.717) is 17.0 Å². The second-order valence-electron chi connectivity index (χ2n) is 5.30. The number of benzene rings is 1. The van der Waals surface area contributed by atoms with Gasteiger partial charge in [-0.3, -0.25) is 0 Å². The van der Waals surface area contributed by atoms with E-state index in [1.807, 2.05) is 12.3 Å². The largest absolute Gasteiger partial charge is 0.389 e. The summed E-state index contributed by atoms with van der Waals surface area (Å²) < 4.78 is 15.4. The number of aliphatic hydroxyl groups is 1. The Balaban J connectivity index is 2.08. The SMILES string of the molecule is Cc1cc(-n2ccc(C3CC3)n2)c([C@@H](C)O)cc1F. The summed E-state index contributed by atoms with van der Waals surface area (Å²) in [5.41, 5.74) is 2.95. The molecule has 1 N–H and O–H groups in total. The van der Waals surface area contributed by atoms with E-state index < -0.39 is 6.10 Å². The summed E-state index contributed by atoms with van der Waals surface area (Å²) >= 11 is 0. The first kappa shape index (κ1) is 12.4. The summed E-state index contributed by atoms with van der Waals surface area (Å²) in [6.45, 7) is 3.36. The topological polar surface area (TPSA) is 38.0 Å². The Morgan fingerprint density at radius 2 is 2.16 bits per heavy atom. The summed E-state index contributed by atoms with van der Waals surface area (Å²) in [5, 5.41) is 14.3. The Morgan fingerprint density at radius 3 is 2.79 bits per heavy atom. The second kappa shape index (κ2) is 4.46. The fourth-order valence-electron chi connectivity index (χ4n) is 2.28. The predicted octanol–water partition coefficient (Wildman–Crippen LogP) is 3.25. The lowest BCUT2D eigenvalue weighted by Gasteiger charge is -2.13. The number of halogens is 1. The quantitative estimate of drug-likeness (QED) is 0.920. The van der Waals surface area contributed by atoms with Crippen molar-refractivity contribution in [2.24, 2.45) is 0 Å². The standard InChI is InChI=1S/C15H17FN2O/c1-9-7-15(12(10(2)19)8-13(9)16)18-6-5-14(17-18)11-3-4-11/h5-8,10-11,19H,3-4H2,1-2H3/t10-/m1/s1. The number of hydrogen-bond acceptors (Lipinski definition) is 2. The van der Waals surface area contributed by atoms with E-state index in [1.54, 1.807) is 24.6 Å². The van der Waals surface area contributed by atoms with E-state index in [9.17, 15) is 9.50 Å². The zero-order valence-corrected chi connectivity index (χ0v) is 11.1. The fraction of sp³-hybridized carbons (Fsp3) is 0.400. The van der Waals surface area contributed by atoms with Crippen molar-refractivity contribution >= 4 is 0 Å². The van der Waals surface area contributed by atoms with Crippen molar-refractivity contribution in [3.8, 4) is 5.69 Å². The maximum atomic E-state index is 13.6. The minimum atomic E-state index is -0.723. The zero-order valence-electron chi connectivity index (χ0n) is 11.1. The third-order valence-corrected chi connectivity index (χ3v) is 3.61. The Kier molecular flexibility index (Phi) is 2.90. The van der Waals surface area contributed by atoms with Crippen LogP contribution < -0.4 is 0 Å². The van der Waals surface area contributed by atoms with Gasteiger partial charge in [-0.2, -0.15) is 5.10 Å². The normalized spacial score (nSPS) is 16.6. The van der Waals surface area contributed by atoms with Gasteiger partial charge in [-0.15, -0.1) is 0 Å². The van der Waals surface area contributed by atoms with Crippen molar-refractivity contribution < 1.29 is 9.50 Å². The summed E-state index contributed by atoms with van der Waals surface area (Å²) in [7, 11) is 0. The van der Waals surface area contributed by atoms with Gasteiger partial charge in [0.05, 0.1) is 17.5 Å². The third kappa shape index (κ3) is 2.28. The van der Waals surface area contributed by atoms with Crippen LogP contribution >= 0.6 is 0 Å². The second-order valence-corrected chi connectivity index (χ2v) is 5.30. The summed E-state index contributed by atoms with van der Waals surface area (Å²) in [6, 6.07) is 5.14. The zero-order chi connectivity index (χ0) is 13.6. The lowest BCUT2D eigenvalue weighted by molar-refractivity contribution is 0.198. The first-order valence-electron chi connectivity index (χ1n) is 6.60. The van der Waals surface area contributed by atoms with E-state index in [2.05, 4.69) is 5.10 Å². The Hall–Kier alpha value is -1.68. The summed E-state index contributed by atoms with van der Waals surface area (Å²) in [4.78, 5) is 0. The van der Waals surface area contributed by atoms with Crippen molar-refractivity contribution in [3.63, 3.8) is 0 Å². The van der Waals surface area contributed by atoms with Crippen molar-refractivity contribution in [1.29, 1.82) is 0 Å². The highest BCUT2D eigenvalue weighted by Crippen LogP contribution is 2.39. The molecular weight excluding hydrogens is 243 g/mol. The molecule has 1 aromatic heterocycles. The van der Waals surface area contributed by atoms with Crippen LogP contribution in [0, 0.1) is 12.7 Å². The van der Waals surface area contributed by atoms with Crippen LogP contribution in [0.3, 0.4) is 0 Å². The molecule has 0 amide bonds. The van der Waals surface area contributed by atoms with Gasteiger partial charge in [0.1, 0.15) is 5.82 Å². The van der Waals surface area contributed by atoms with Crippen LogP contribution in [0.25, 0.3) is 5.69 Å². The van der Waals surface area contributed by atoms with Crippen LogP contribution in [0.15, 0.2) is 24.4 Å². The molecule has 1 heterocycles. The van der Waals surface area contributed by atoms with Gasteiger partial charge >= 0.3 is 0 Å². The van der Waals surface area contributed by atoms with E-state index >= 15 is 0 Å². The van der Waals surface area contributed by atoms with Gasteiger partial charge in [0, 0.05) is 17.7 Å². The van der Waals surface area contributed by atoms with Crippen LogP contribution in [-0.2, 0) is 0 Å². The number of aromatic nitrogens is 2. The van der Waals surface area contributed by atoms with Gasteiger partial charge < -0.3 is 5.11 Å². The number of nitrogens with zero attached hydrogens (tertiary/aromatic N) is 2. The molecule has 0 unspecified atom stereocenters. The van der Waals surface area contributed by atoms with Gasteiger partial charge in [0.25, 0.3) is 0 Å².